The van der Waals surface area contributed by atoms with Crippen LogP contribution in [0.4, 0.5) is 5.69 Å². The largest absolute Gasteiger partial charge is 0.497 e. The zero-order valence-corrected chi connectivity index (χ0v) is 12.9. The maximum Gasteiger partial charge on any atom is 0.264 e. The smallest absolute Gasteiger partial charge is 0.264 e. The van der Waals surface area contributed by atoms with E-state index in [-0.39, 0.29) is 4.90 Å². The van der Waals surface area contributed by atoms with Crippen molar-refractivity contribution in [2.75, 3.05) is 25.6 Å². The standard InChI is InChI=1S/C15H17NO4S/c1-16(21(17,18)13-7-5-4-6-8-13)14-11-12(19-2)9-10-15(14)20-3/h4-11H,1-3H3. The van der Waals surface area contributed by atoms with Crippen LogP contribution in [0.15, 0.2) is 53.4 Å². The molecule has 0 radical (unpaired) electrons. The molecule has 0 atom stereocenters. The van der Waals surface area contributed by atoms with Gasteiger partial charge in [-0.3, -0.25) is 4.31 Å². The van der Waals surface area contributed by atoms with Crippen molar-refractivity contribution in [3.8, 4) is 11.5 Å². The highest BCUT2D eigenvalue weighted by molar-refractivity contribution is 7.92. The number of sulfonamides is 1. The van der Waals surface area contributed by atoms with Crippen molar-refractivity contribution >= 4 is 15.7 Å². The third-order valence-corrected chi connectivity index (χ3v) is 4.91. The van der Waals surface area contributed by atoms with Crippen LogP contribution in [0.3, 0.4) is 0 Å². The van der Waals surface area contributed by atoms with Crippen molar-refractivity contribution in [3.05, 3.63) is 48.5 Å². The number of nitrogens with zero attached hydrogens (tertiary/aromatic N) is 1. The molecule has 2 rings (SSSR count). The first kappa shape index (κ1) is 15.2. The second-order valence-corrected chi connectivity index (χ2v) is 6.29. The molecule has 0 aromatic heterocycles. The molecule has 0 aliphatic carbocycles. The second kappa shape index (κ2) is 6.05. The lowest BCUT2D eigenvalue weighted by atomic mass is 10.3. The molecule has 0 spiro atoms. The number of anilines is 1. The van der Waals surface area contributed by atoms with E-state index >= 15 is 0 Å². The first-order valence-corrected chi connectivity index (χ1v) is 7.70. The second-order valence-electron chi connectivity index (χ2n) is 4.32. The molecule has 5 nitrogen and oxygen atoms in total. The van der Waals surface area contributed by atoms with E-state index in [1.807, 2.05) is 0 Å². The maximum absolute atomic E-state index is 12.6. The van der Waals surface area contributed by atoms with Crippen LogP contribution in [0.1, 0.15) is 0 Å². The first-order chi connectivity index (χ1) is 10.0. The molecule has 0 bridgehead atoms. The number of hydrogen-bond acceptors (Lipinski definition) is 4. The molecule has 0 aliphatic rings. The van der Waals surface area contributed by atoms with E-state index in [2.05, 4.69) is 0 Å². The summed E-state index contributed by atoms with van der Waals surface area (Å²) in [5.74, 6) is 1.01. The molecule has 0 unspecified atom stereocenters. The van der Waals surface area contributed by atoms with Gasteiger partial charge in [0.05, 0.1) is 24.8 Å². The molecule has 112 valence electrons. The Morgan fingerprint density at radius 2 is 1.62 bits per heavy atom. The fourth-order valence-electron chi connectivity index (χ4n) is 1.92. The van der Waals surface area contributed by atoms with Crippen LogP contribution in [0.25, 0.3) is 0 Å². The minimum atomic E-state index is -3.65. The van der Waals surface area contributed by atoms with E-state index in [4.69, 9.17) is 9.47 Å². The summed E-state index contributed by atoms with van der Waals surface area (Å²) in [5.41, 5.74) is 0.417. The lowest BCUT2D eigenvalue weighted by molar-refractivity contribution is 0.404. The predicted octanol–water partition coefficient (Wildman–Crippen LogP) is 2.53. The molecular weight excluding hydrogens is 290 g/mol. The summed E-state index contributed by atoms with van der Waals surface area (Å²) in [5, 5.41) is 0. The van der Waals surface area contributed by atoms with Crippen LogP contribution in [-0.4, -0.2) is 29.7 Å². The van der Waals surface area contributed by atoms with Gasteiger partial charge in [0.1, 0.15) is 11.5 Å². The Morgan fingerprint density at radius 3 is 2.19 bits per heavy atom. The number of ether oxygens (including phenoxy) is 2. The fourth-order valence-corrected chi connectivity index (χ4v) is 3.14. The van der Waals surface area contributed by atoms with Crippen molar-refractivity contribution in [2.45, 2.75) is 4.90 Å². The number of methoxy groups -OCH3 is 2. The van der Waals surface area contributed by atoms with Crippen LogP contribution in [-0.2, 0) is 10.0 Å². The van der Waals surface area contributed by atoms with Gasteiger partial charge >= 0.3 is 0 Å². The summed E-state index contributed by atoms with van der Waals surface area (Å²) in [6.45, 7) is 0. The van der Waals surface area contributed by atoms with Gasteiger partial charge in [0.2, 0.25) is 0 Å². The van der Waals surface area contributed by atoms with E-state index in [9.17, 15) is 8.42 Å². The zero-order chi connectivity index (χ0) is 15.5. The average Bonchev–Trinajstić information content (AvgIpc) is 2.54. The molecule has 6 heteroatoms. The Bertz CT molecular complexity index is 714. The summed E-state index contributed by atoms with van der Waals surface area (Å²) in [7, 11) is 0.853. The zero-order valence-electron chi connectivity index (χ0n) is 12.1. The van der Waals surface area contributed by atoms with Crippen LogP contribution in [0, 0.1) is 0 Å². The summed E-state index contributed by atoms with van der Waals surface area (Å²) >= 11 is 0. The van der Waals surface area contributed by atoms with Crippen molar-refractivity contribution in [1.29, 1.82) is 0 Å². The quantitative estimate of drug-likeness (QED) is 0.852. The van der Waals surface area contributed by atoms with E-state index in [0.29, 0.717) is 17.2 Å². The minimum absolute atomic E-state index is 0.220. The van der Waals surface area contributed by atoms with Gasteiger partial charge in [-0.15, -0.1) is 0 Å². The van der Waals surface area contributed by atoms with Gasteiger partial charge < -0.3 is 9.47 Å². The molecule has 0 saturated heterocycles. The molecular formula is C15H17NO4S. The van der Waals surface area contributed by atoms with Gasteiger partial charge in [-0.25, -0.2) is 8.42 Å². The molecule has 0 amide bonds. The van der Waals surface area contributed by atoms with E-state index in [1.54, 1.807) is 48.5 Å². The topological polar surface area (TPSA) is 55.8 Å². The molecule has 0 fully saturated rings. The van der Waals surface area contributed by atoms with Crippen molar-refractivity contribution in [2.24, 2.45) is 0 Å². The Labute approximate surface area is 124 Å². The van der Waals surface area contributed by atoms with Gasteiger partial charge in [0.25, 0.3) is 10.0 Å². The van der Waals surface area contributed by atoms with E-state index in [1.165, 1.54) is 25.6 Å². The van der Waals surface area contributed by atoms with Gasteiger partial charge in [-0.05, 0) is 24.3 Å². The van der Waals surface area contributed by atoms with E-state index in [0.717, 1.165) is 0 Å². The number of hydrogen-bond donors (Lipinski definition) is 0. The minimum Gasteiger partial charge on any atom is -0.497 e. The molecule has 2 aromatic carbocycles. The normalized spacial score (nSPS) is 11.0. The van der Waals surface area contributed by atoms with Crippen molar-refractivity contribution in [1.82, 2.24) is 0 Å². The predicted molar refractivity (Wildman–Crippen MR) is 81.6 cm³/mol. The van der Waals surface area contributed by atoms with Crippen molar-refractivity contribution in [3.63, 3.8) is 0 Å². The molecule has 0 aliphatic heterocycles. The summed E-state index contributed by atoms with van der Waals surface area (Å²) in [6, 6.07) is 13.3. The Morgan fingerprint density at radius 1 is 0.952 bits per heavy atom. The highest BCUT2D eigenvalue weighted by atomic mass is 32.2. The summed E-state index contributed by atoms with van der Waals surface area (Å²) in [6.07, 6.45) is 0. The van der Waals surface area contributed by atoms with Crippen LogP contribution >= 0.6 is 0 Å². The Balaban J connectivity index is 2.51. The van der Waals surface area contributed by atoms with Crippen LogP contribution in [0.2, 0.25) is 0 Å². The molecule has 0 heterocycles. The average molecular weight is 307 g/mol. The highest BCUT2D eigenvalue weighted by Crippen LogP contribution is 2.34. The van der Waals surface area contributed by atoms with Crippen molar-refractivity contribution < 1.29 is 17.9 Å². The summed E-state index contributed by atoms with van der Waals surface area (Å²) in [4.78, 5) is 0.220. The lowest BCUT2D eigenvalue weighted by Gasteiger charge is -2.22. The van der Waals surface area contributed by atoms with Gasteiger partial charge in [0, 0.05) is 13.1 Å². The molecule has 0 saturated carbocycles. The monoisotopic (exact) mass is 307 g/mol. The highest BCUT2D eigenvalue weighted by Gasteiger charge is 2.24. The number of benzene rings is 2. The number of rotatable bonds is 5. The van der Waals surface area contributed by atoms with E-state index < -0.39 is 10.0 Å². The van der Waals surface area contributed by atoms with Crippen LogP contribution in [0.5, 0.6) is 11.5 Å². The molecule has 0 N–H and O–H groups in total. The Hall–Kier alpha value is -2.21. The van der Waals surface area contributed by atoms with Gasteiger partial charge in [0.15, 0.2) is 0 Å². The van der Waals surface area contributed by atoms with Crippen LogP contribution < -0.4 is 13.8 Å². The SMILES string of the molecule is COc1ccc(OC)c(N(C)S(=O)(=O)c2ccccc2)c1. The lowest BCUT2D eigenvalue weighted by Crippen LogP contribution is -2.27. The third kappa shape index (κ3) is 2.95. The summed E-state index contributed by atoms with van der Waals surface area (Å²) < 4.78 is 36.8. The maximum atomic E-state index is 12.6. The van der Waals surface area contributed by atoms with Gasteiger partial charge in [-0.1, -0.05) is 18.2 Å². The first-order valence-electron chi connectivity index (χ1n) is 6.26. The molecule has 21 heavy (non-hydrogen) atoms. The third-order valence-electron chi connectivity index (χ3n) is 3.13. The Kier molecular flexibility index (Phi) is 4.37. The molecule has 2 aromatic rings. The fraction of sp³-hybridized carbons (Fsp3) is 0.200. The van der Waals surface area contributed by atoms with Gasteiger partial charge in [-0.2, -0.15) is 0 Å².